The van der Waals surface area contributed by atoms with Crippen LogP contribution in [0.25, 0.3) is 0 Å². The standard InChI is InChI=1S/C24H31N3O2.2ClH/c25-22-8-4-5-9-23(22)26-24(28)19-10-12-20(13-11-19)29-21-14-15-27(17-21)16-18-6-2-1-3-7-18;;/h4-5,8-13,18,21H,1-3,6-7,14-17,25H2,(H,26,28);2*1H/t21-;;/m0../s1. The third-order valence-electron chi connectivity index (χ3n) is 6.10. The van der Waals surface area contributed by atoms with Crippen molar-refractivity contribution >= 4 is 42.1 Å². The van der Waals surface area contributed by atoms with E-state index in [1.54, 1.807) is 24.3 Å². The Bertz CT molecular complexity index is 826. The van der Waals surface area contributed by atoms with Crippen molar-refractivity contribution in [1.29, 1.82) is 0 Å². The van der Waals surface area contributed by atoms with Crippen molar-refractivity contribution in [1.82, 2.24) is 4.90 Å². The largest absolute Gasteiger partial charge is 0.489 e. The Morgan fingerprint density at radius 3 is 2.42 bits per heavy atom. The lowest BCUT2D eigenvalue weighted by Gasteiger charge is -2.26. The first-order chi connectivity index (χ1) is 14.2. The minimum Gasteiger partial charge on any atom is -0.489 e. The SMILES string of the molecule is Cl.Cl.Nc1ccccc1NC(=O)c1ccc(O[C@H]2CCN(CC3CCCCC3)C2)cc1. The number of amides is 1. The van der Waals surface area contributed by atoms with Crippen LogP contribution < -0.4 is 15.8 Å². The van der Waals surface area contributed by atoms with Gasteiger partial charge in [0.2, 0.25) is 0 Å². The zero-order valence-electron chi connectivity index (χ0n) is 17.8. The molecule has 1 saturated heterocycles. The fraction of sp³-hybridized carbons (Fsp3) is 0.458. The Morgan fingerprint density at radius 2 is 1.71 bits per heavy atom. The number of hydrogen-bond acceptors (Lipinski definition) is 4. The molecule has 2 aromatic carbocycles. The number of nitrogen functional groups attached to an aromatic ring is 1. The van der Waals surface area contributed by atoms with Crippen molar-refractivity contribution in [2.24, 2.45) is 5.92 Å². The summed E-state index contributed by atoms with van der Waals surface area (Å²) in [5, 5.41) is 2.85. The van der Waals surface area contributed by atoms with E-state index < -0.39 is 0 Å². The number of para-hydroxylation sites is 2. The second kappa shape index (κ2) is 12.2. The Hall–Kier alpha value is -1.95. The number of carbonyl (C=O) groups is 1. The molecule has 1 saturated carbocycles. The molecule has 1 aliphatic heterocycles. The summed E-state index contributed by atoms with van der Waals surface area (Å²) in [6.07, 6.45) is 8.30. The van der Waals surface area contributed by atoms with Crippen LogP contribution in [0.2, 0.25) is 0 Å². The molecule has 3 N–H and O–H groups in total. The zero-order chi connectivity index (χ0) is 20.1. The molecule has 0 bridgehead atoms. The molecule has 5 nitrogen and oxygen atoms in total. The van der Waals surface area contributed by atoms with Gasteiger partial charge >= 0.3 is 0 Å². The third-order valence-corrected chi connectivity index (χ3v) is 6.10. The molecule has 1 aliphatic carbocycles. The van der Waals surface area contributed by atoms with Gasteiger partial charge in [-0.1, -0.05) is 31.4 Å². The van der Waals surface area contributed by atoms with Gasteiger partial charge in [0.05, 0.1) is 11.4 Å². The van der Waals surface area contributed by atoms with E-state index in [4.69, 9.17) is 10.5 Å². The molecule has 2 aromatic rings. The molecule has 1 atom stereocenters. The molecule has 2 aliphatic rings. The van der Waals surface area contributed by atoms with Crippen LogP contribution in [0.1, 0.15) is 48.9 Å². The Kier molecular flexibility index (Phi) is 9.94. The first-order valence-electron chi connectivity index (χ1n) is 10.8. The molecular weight excluding hydrogens is 433 g/mol. The van der Waals surface area contributed by atoms with Gasteiger partial charge in [0.1, 0.15) is 11.9 Å². The lowest BCUT2D eigenvalue weighted by atomic mass is 9.89. The maximum Gasteiger partial charge on any atom is 0.255 e. The van der Waals surface area contributed by atoms with E-state index in [0.29, 0.717) is 16.9 Å². The normalized spacial score (nSPS) is 19.2. The monoisotopic (exact) mass is 465 g/mol. The van der Waals surface area contributed by atoms with Crippen molar-refractivity contribution in [2.45, 2.75) is 44.6 Å². The van der Waals surface area contributed by atoms with E-state index in [0.717, 1.165) is 31.2 Å². The molecule has 1 amide bonds. The summed E-state index contributed by atoms with van der Waals surface area (Å²) in [6.45, 7) is 3.35. The van der Waals surface area contributed by atoms with Gasteiger partial charge in [0.25, 0.3) is 5.91 Å². The predicted molar refractivity (Wildman–Crippen MR) is 132 cm³/mol. The molecule has 0 unspecified atom stereocenters. The first-order valence-corrected chi connectivity index (χ1v) is 10.8. The number of nitrogens with zero attached hydrogens (tertiary/aromatic N) is 1. The number of halogens is 2. The quantitative estimate of drug-likeness (QED) is 0.560. The van der Waals surface area contributed by atoms with Gasteiger partial charge in [-0.15, -0.1) is 24.8 Å². The van der Waals surface area contributed by atoms with Crippen molar-refractivity contribution in [3.63, 3.8) is 0 Å². The van der Waals surface area contributed by atoms with Crippen LogP contribution in [0.15, 0.2) is 48.5 Å². The highest BCUT2D eigenvalue weighted by Gasteiger charge is 2.26. The molecule has 31 heavy (non-hydrogen) atoms. The van der Waals surface area contributed by atoms with Gasteiger partial charge < -0.3 is 15.8 Å². The van der Waals surface area contributed by atoms with Crippen LogP contribution in [-0.2, 0) is 0 Å². The smallest absolute Gasteiger partial charge is 0.255 e. The lowest BCUT2D eigenvalue weighted by molar-refractivity contribution is 0.102. The fourth-order valence-corrected chi connectivity index (χ4v) is 4.48. The molecule has 0 spiro atoms. The number of ether oxygens (including phenoxy) is 1. The van der Waals surface area contributed by atoms with Crippen LogP contribution in [0.4, 0.5) is 11.4 Å². The summed E-state index contributed by atoms with van der Waals surface area (Å²) in [4.78, 5) is 15.0. The third kappa shape index (κ3) is 7.03. The Labute approximate surface area is 197 Å². The Morgan fingerprint density at radius 1 is 1.00 bits per heavy atom. The maximum absolute atomic E-state index is 12.4. The molecular formula is C24H33Cl2N3O2. The van der Waals surface area contributed by atoms with Crippen LogP contribution in [-0.4, -0.2) is 36.5 Å². The van der Waals surface area contributed by atoms with Crippen LogP contribution in [0, 0.1) is 5.92 Å². The summed E-state index contributed by atoms with van der Waals surface area (Å²) in [5.41, 5.74) is 7.66. The minimum absolute atomic E-state index is 0. The van der Waals surface area contributed by atoms with Crippen LogP contribution in [0.3, 0.4) is 0 Å². The number of benzene rings is 2. The molecule has 4 rings (SSSR count). The minimum atomic E-state index is -0.172. The van der Waals surface area contributed by atoms with Crippen LogP contribution in [0.5, 0.6) is 5.75 Å². The average Bonchev–Trinajstić information content (AvgIpc) is 3.17. The highest BCUT2D eigenvalue weighted by Crippen LogP contribution is 2.27. The fourth-order valence-electron chi connectivity index (χ4n) is 4.48. The molecule has 7 heteroatoms. The van der Waals surface area contributed by atoms with Crippen molar-refractivity contribution < 1.29 is 9.53 Å². The molecule has 1 heterocycles. The first kappa shape index (κ1) is 25.3. The zero-order valence-corrected chi connectivity index (χ0v) is 19.4. The maximum atomic E-state index is 12.4. The number of likely N-dealkylation sites (tertiary alicyclic amines) is 1. The van der Waals surface area contributed by atoms with Gasteiger partial charge in [0, 0.05) is 25.2 Å². The van der Waals surface area contributed by atoms with Crippen LogP contribution >= 0.6 is 24.8 Å². The average molecular weight is 466 g/mol. The summed E-state index contributed by atoms with van der Waals surface area (Å²) < 4.78 is 6.17. The highest BCUT2D eigenvalue weighted by molar-refractivity contribution is 6.05. The molecule has 0 aromatic heterocycles. The number of rotatable bonds is 6. The Balaban J connectivity index is 0.00000171. The van der Waals surface area contributed by atoms with Gasteiger partial charge in [-0.2, -0.15) is 0 Å². The number of nitrogens with two attached hydrogens (primary N) is 1. The second-order valence-electron chi connectivity index (χ2n) is 8.36. The van der Waals surface area contributed by atoms with E-state index in [2.05, 4.69) is 10.2 Å². The number of nitrogens with one attached hydrogen (secondary N) is 1. The summed E-state index contributed by atoms with van der Waals surface area (Å²) >= 11 is 0. The highest BCUT2D eigenvalue weighted by atomic mass is 35.5. The van der Waals surface area contributed by atoms with E-state index in [1.807, 2.05) is 24.3 Å². The van der Waals surface area contributed by atoms with E-state index in [1.165, 1.54) is 38.6 Å². The van der Waals surface area contributed by atoms with E-state index >= 15 is 0 Å². The second-order valence-corrected chi connectivity index (χ2v) is 8.36. The lowest BCUT2D eigenvalue weighted by Crippen LogP contribution is -2.30. The van der Waals surface area contributed by atoms with Gasteiger partial charge in [-0.05, 0) is 61.6 Å². The van der Waals surface area contributed by atoms with Gasteiger partial charge in [-0.25, -0.2) is 0 Å². The topological polar surface area (TPSA) is 67.6 Å². The predicted octanol–water partition coefficient (Wildman–Crippen LogP) is 5.40. The summed E-state index contributed by atoms with van der Waals surface area (Å²) in [5.74, 6) is 1.53. The van der Waals surface area contributed by atoms with Gasteiger partial charge in [-0.3, -0.25) is 9.69 Å². The number of carbonyl (C=O) groups excluding carboxylic acids is 1. The summed E-state index contributed by atoms with van der Waals surface area (Å²) in [7, 11) is 0. The van der Waals surface area contributed by atoms with E-state index in [9.17, 15) is 4.79 Å². The molecule has 2 fully saturated rings. The number of hydrogen-bond donors (Lipinski definition) is 2. The van der Waals surface area contributed by atoms with Crippen molar-refractivity contribution in [2.75, 3.05) is 30.7 Å². The van der Waals surface area contributed by atoms with Crippen molar-refractivity contribution in [3.8, 4) is 5.75 Å². The van der Waals surface area contributed by atoms with Crippen molar-refractivity contribution in [3.05, 3.63) is 54.1 Å². The summed E-state index contributed by atoms with van der Waals surface area (Å²) in [6, 6.07) is 14.6. The molecule has 0 radical (unpaired) electrons. The number of anilines is 2. The van der Waals surface area contributed by atoms with Gasteiger partial charge in [0.15, 0.2) is 0 Å². The molecule has 170 valence electrons. The van der Waals surface area contributed by atoms with E-state index in [-0.39, 0.29) is 36.8 Å².